The summed E-state index contributed by atoms with van der Waals surface area (Å²) in [7, 11) is 0. The Morgan fingerprint density at radius 2 is 0.987 bits per heavy atom. The Hall–Kier alpha value is -7.76. The maximum absolute atomic E-state index is 6.65. The van der Waals surface area contributed by atoms with Crippen LogP contribution in [-0.4, -0.2) is 11.3 Å². The molecule has 0 atom stereocenters. The van der Waals surface area contributed by atoms with Crippen molar-refractivity contribution in [3.8, 4) is 16.8 Å². The first kappa shape index (κ1) is 47.0. The van der Waals surface area contributed by atoms with Gasteiger partial charge in [0, 0.05) is 55.5 Å². The largest absolute Gasteiger partial charge is 0.455 e. The van der Waals surface area contributed by atoms with E-state index in [2.05, 4.69) is 268 Å². The predicted molar refractivity (Wildman–Crippen MR) is 323 cm³/mol. The van der Waals surface area contributed by atoms with E-state index in [1.54, 1.807) is 0 Å². The summed E-state index contributed by atoms with van der Waals surface area (Å²) in [6.45, 7) is 30.1. The van der Waals surface area contributed by atoms with Crippen molar-refractivity contribution in [1.29, 1.82) is 0 Å². The van der Waals surface area contributed by atoms with Gasteiger partial charge in [-0.25, -0.2) is 0 Å². The highest BCUT2D eigenvalue weighted by atomic mass is 16.3. The molecule has 9 aromatic carbocycles. The van der Waals surface area contributed by atoms with Crippen LogP contribution in [0.1, 0.15) is 101 Å². The Labute approximate surface area is 443 Å². The molecule has 2 aromatic heterocycles. The lowest BCUT2D eigenvalue weighted by molar-refractivity contribution is 0.590. The van der Waals surface area contributed by atoms with Gasteiger partial charge in [0.2, 0.25) is 0 Å². The minimum atomic E-state index is -0.164. The van der Waals surface area contributed by atoms with Crippen molar-refractivity contribution >= 4 is 101 Å². The lowest BCUT2D eigenvalue weighted by Gasteiger charge is -2.46. The number of para-hydroxylation sites is 4. The van der Waals surface area contributed by atoms with Crippen LogP contribution in [-0.2, 0) is 16.2 Å². The molecular weight excluding hydrogens is 910 g/mol. The number of rotatable bonds is 4. The van der Waals surface area contributed by atoms with Gasteiger partial charge in [-0.05, 0) is 165 Å². The van der Waals surface area contributed by atoms with Crippen molar-refractivity contribution in [2.24, 2.45) is 0 Å². The predicted octanol–water partition coefficient (Wildman–Crippen LogP) is 17.6. The number of hydrogen-bond donors (Lipinski definition) is 0. The van der Waals surface area contributed by atoms with Crippen LogP contribution in [0, 0.1) is 27.7 Å². The van der Waals surface area contributed by atoms with E-state index >= 15 is 0 Å². The highest BCUT2D eigenvalue weighted by Gasteiger charge is 2.45. The highest BCUT2D eigenvalue weighted by molar-refractivity contribution is 7.00. The molecule has 0 radical (unpaired) electrons. The van der Waals surface area contributed by atoms with E-state index in [0.29, 0.717) is 0 Å². The van der Waals surface area contributed by atoms with Gasteiger partial charge < -0.3 is 18.8 Å². The summed E-state index contributed by atoms with van der Waals surface area (Å²) in [5.74, 6) is 0. The average molecular weight is 976 g/mol. The third-order valence-corrected chi connectivity index (χ3v) is 16.7. The SMILES string of the molecule is Cc1cc(-c2cccc3c2oc2ccccc23)cc(C)c1N1c2ccc(C(C)(C)C)cc2B2c3cc4c5ccccc5n(-c5c(C)cccc5C)c4cc3N(c3ccc(C(C)(C)C)cc3)c3cc(C(C)(C)C)cc1c32. The minimum Gasteiger partial charge on any atom is -0.455 e. The van der Waals surface area contributed by atoms with Crippen LogP contribution in [0.2, 0.25) is 0 Å². The average Bonchev–Trinajstić information content (AvgIpc) is 3.93. The van der Waals surface area contributed by atoms with E-state index < -0.39 is 0 Å². The lowest BCUT2D eigenvalue weighted by Crippen LogP contribution is -2.61. The van der Waals surface area contributed by atoms with Crippen LogP contribution in [0.5, 0.6) is 0 Å². The van der Waals surface area contributed by atoms with Gasteiger partial charge in [0.15, 0.2) is 0 Å². The molecule has 4 heterocycles. The molecule has 2 aliphatic heterocycles. The first-order chi connectivity index (χ1) is 35.8. The van der Waals surface area contributed by atoms with Gasteiger partial charge in [-0.3, -0.25) is 0 Å². The lowest BCUT2D eigenvalue weighted by atomic mass is 9.33. The Bertz CT molecular complexity index is 4140. The molecule has 0 saturated carbocycles. The standard InChI is InChI=1S/C70H66BN3O/c1-41-20-18-21-42(2)65(41)73-57-26-16-14-22-51(57)54-39-56-60(40-59(54)73)72(49-31-28-46(29-32-49)68(5,6)7)61-37-48(70(11,12)13)38-62-64(61)71(56)55-36-47(69(8,9)10)30-33-58(55)74(62)66-43(3)34-45(35-44(66)4)50-24-19-25-53-52-23-15-17-27-63(52)75-67(50)53/h14-40H,1-13H3. The van der Waals surface area contributed by atoms with E-state index in [1.807, 2.05) is 0 Å². The van der Waals surface area contributed by atoms with Crippen LogP contribution in [0.3, 0.4) is 0 Å². The molecule has 2 aliphatic rings. The first-order valence-corrected chi connectivity index (χ1v) is 27.0. The highest BCUT2D eigenvalue weighted by Crippen LogP contribution is 2.50. The van der Waals surface area contributed by atoms with E-state index in [1.165, 1.54) is 111 Å². The third-order valence-electron chi connectivity index (χ3n) is 16.7. The van der Waals surface area contributed by atoms with Gasteiger partial charge in [0.05, 0.1) is 22.4 Å². The Morgan fingerprint density at radius 1 is 0.400 bits per heavy atom. The Morgan fingerprint density at radius 3 is 1.67 bits per heavy atom. The molecule has 0 aliphatic carbocycles. The minimum absolute atomic E-state index is 0.00602. The summed E-state index contributed by atoms with van der Waals surface area (Å²) in [4.78, 5) is 5.26. The Balaban J connectivity index is 1.14. The molecule has 0 N–H and O–H groups in total. The smallest absolute Gasteiger partial charge is 0.252 e. The van der Waals surface area contributed by atoms with Gasteiger partial charge in [0.1, 0.15) is 11.2 Å². The normalized spacial score (nSPS) is 13.6. The van der Waals surface area contributed by atoms with Gasteiger partial charge in [-0.15, -0.1) is 0 Å². The van der Waals surface area contributed by atoms with E-state index in [0.717, 1.165) is 38.8 Å². The van der Waals surface area contributed by atoms with Crippen molar-refractivity contribution < 1.29 is 4.42 Å². The molecule has 5 heteroatoms. The molecule has 75 heavy (non-hydrogen) atoms. The van der Waals surface area contributed by atoms with Crippen molar-refractivity contribution in [2.75, 3.05) is 9.80 Å². The number of benzene rings is 9. The molecule has 0 saturated heterocycles. The zero-order valence-corrected chi connectivity index (χ0v) is 45.9. The number of furan rings is 1. The molecule has 0 bridgehead atoms. The first-order valence-electron chi connectivity index (χ1n) is 27.0. The van der Waals surface area contributed by atoms with E-state index in [9.17, 15) is 0 Å². The van der Waals surface area contributed by atoms with Crippen molar-refractivity contribution in [2.45, 2.75) is 106 Å². The monoisotopic (exact) mass is 976 g/mol. The number of fused-ring (bicyclic) bond motifs is 10. The van der Waals surface area contributed by atoms with Gasteiger partial charge >= 0.3 is 0 Å². The second kappa shape index (κ2) is 16.4. The molecule has 11 aromatic rings. The maximum Gasteiger partial charge on any atom is 0.252 e. The summed E-state index contributed by atoms with van der Waals surface area (Å²) in [5.41, 5.74) is 27.7. The fourth-order valence-corrected chi connectivity index (χ4v) is 12.8. The summed E-state index contributed by atoms with van der Waals surface area (Å²) < 4.78 is 9.19. The number of aryl methyl sites for hydroxylation is 4. The summed E-state index contributed by atoms with van der Waals surface area (Å²) in [6, 6.07) is 62.5. The van der Waals surface area contributed by atoms with Crippen LogP contribution < -0.4 is 26.2 Å². The maximum atomic E-state index is 6.65. The van der Waals surface area contributed by atoms with Gasteiger partial charge in [-0.1, -0.05) is 165 Å². The fourth-order valence-electron chi connectivity index (χ4n) is 12.8. The summed E-state index contributed by atoms with van der Waals surface area (Å²) >= 11 is 0. The fraction of sp³-hybridized carbons (Fsp3) is 0.229. The summed E-state index contributed by atoms with van der Waals surface area (Å²) in [5, 5.41) is 4.82. The second-order valence-corrected chi connectivity index (χ2v) is 24.9. The summed E-state index contributed by atoms with van der Waals surface area (Å²) in [6.07, 6.45) is 0. The quantitative estimate of drug-likeness (QED) is 0.164. The molecule has 0 fully saturated rings. The number of anilines is 6. The molecule has 0 amide bonds. The van der Waals surface area contributed by atoms with E-state index in [-0.39, 0.29) is 23.0 Å². The van der Waals surface area contributed by atoms with Crippen LogP contribution >= 0.6 is 0 Å². The molecule has 0 spiro atoms. The zero-order valence-electron chi connectivity index (χ0n) is 45.9. The van der Waals surface area contributed by atoms with Crippen LogP contribution in [0.4, 0.5) is 34.1 Å². The molecule has 0 unspecified atom stereocenters. The van der Waals surface area contributed by atoms with Gasteiger partial charge in [0.25, 0.3) is 6.71 Å². The molecule has 370 valence electrons. The third kappa shape index (κ3) is 7.17. The second-order valence-electron chi connectivity index (χ2n) is 24.9. The van der Waals surface area contributed by atoms with Crippen LogP contribution in [0.15, 0.2) is 168 Å². The number of aromatic nitrogens is 1. The Kier molecular flexibility index (Phi) is 10.3. The number of hydrogen-bond acceptors (Lipinski definition) is 3. The number of nitrogens with zero attached hydrogens (tertiary/aromatic N) is 3. The van der Waals surface area contributed by atoms with E-state index in [4.69, 9.17) is 4.42 Å². The molecular formula is C70H66BN3O. The van der Waals surface area contributed by atoms with Crippen molar-refractivity contribution in [3.05, 3.63) is 203 Å². The molecule has 4 nitrogen and oxygen atoms in total. The zero-order chi connectivity index (χ0) is 52.2. The van der Waals surface area contributed by atoms with Gasteiger partial charge in [-0.2, -0.15) is 0 Å². The molecule has 13 rings (SSSR count). The van der Waals surface area contributed by atoms with Crippen LogP contribution in [0.25, 0.3) is 60.6 Å². The van der Waals surface area contributed by atoms with Crippen molar-refractivity contribution in [3.63, 3.8) is 0 Å². The topological polar surface area (TPSA) is 24.6 Å². The van der Waals surface area contributed by atoms with Crippen molar-refractivity contribution in [1.82, 2.24) is 4.57 Å².